The summed E-state index contributed by atoms with van der Waals surface area (Å²) in [4.78, 5) is 11.0. The third kappa shape index (κ3) is 6.57. The van der Waals surface area contributed by atoms with Crippen LogP contribution >= 0.6 is 0 Å². The van der Waals surface area contributed by atoms with Gasteiger partial charge in [-0.2, -0.15) is 8.78 Å². The van der Waals surface area contributed by atoms with E-state index in [1.54, 1.807) is 0 Å². The van der Waals surface area contributed by atoms with Gasteiger partial charge in [-0.05, 0) is 20.8 Å². The first kappa shape index (κ1) is 17.8. The van der Waals surface area contributed by atoms with E-state index in [-0.39, 0.29) is 29.6 Å². The number of carbonyl (C=O) groups is 1. The second kappa shape index (κ2) is 6.24. The third-order valence-corrected chi connectivity index (χ3v) is 1.87. The van der Waals surface area contributed by atoms with Gasteiger partial charge in [0.1, 0.15) is 0 Å². The molecule has 0 saturated carbocycles. The van der Waals surface area contributed by atoms with Gasteiger partial charge in [0.15, 0.2) is 6.61 Å². The van der Waals surface area contributed by atoms with Crippen LogP contribution in [-0.2, 0) is 20.6 Å². The molecule has 0 aromatic carbocycles. The summed E-state index contributed by atoms with van der Waals surface area (Å²) in [6, 6.07) is 0. The average molecular weight is 253 g/mol. The molecule has 15 heavy (non-hydrogen) atoms. The molecule has 0 spiro atoms. The van der Waals surface area contributed by atoms with Crippen molar-refractivity contribution in [2.75, 3.05) is 6.61 Å². The van der Waals surface area contributed by atoms with Gasteiger partial charge in [-0.1, -0.05) is 0 Å². The normalized spacial score (nSPS) is 14.0. The Kier molecular flexibility index (Phi) is 7.42. The van der Waals surface area contributed by atoms with Gasteiger partial charge in [0.25, 0.3) is 0 Å². The van der Waals surface area contributed by atoms with E-state index in [1.165, 1.54) is 20.8 Å². The first-order valence-electron chi connectivity index (χ1n) is 3.73. The van der Waals surface area contributed by atoms with Crippen molar-refractivity contribution in [3.63, 3.8) is 0 Å². The molecule has 4 nitrogen and oxygen atoms in total. The maximum Gasteiger partial charge on any atom is 0.378 e. The molecule has 1 atom stereocenters. The fourth-order valence-electron chi connectivity index (χ4n) is 0.416. The van der Waals surface area contributed by atoms with Crippen molar-refractivity contribution in [3.8, 4) is 0 Å². The van der Waals surface area contributed by atoms with Crippen LogP contribution in [0.3, 0.4) is 0 Å². The van der Waals surface area contributed by atoms with Crippen molar-refractivity contribution in [2.45, 2.75) is 26.0 Å². The quantitative estimate of drug-likeness (QED) is 0.463. The summed E-state index contributed by atoms with van der Waals surface area (Å²) in [5.74, 6) is -0.845. The number of rotatable bonds is 3. The van der Waals surface area contributed by atoms with Gasteiger partial charge < -0.3 is 9.29 Å². The van der Waals surface area contributed by atoms with Crippen LogP contribution in [0, 0.1) is 5.41 Å². The molecule has 0 rings (SSSR count). The summed E-state index contributed by atoms with van der Waals surface area (Å²) in [6.45, 7) is 3.09. The summed E-state index contributed by atoms with van der Waals surface area (Å²) in [6.07, 6.45) is 0. The molecule has 0 aliphatic rings. The van der Waals surface area contributed by atoms with Gasteiger partial charge in [0, 0.05) is 29.6 Å². The van der Waals surface area contributed by atoms with Gasteiger partial charge in [-0.25, -0.2) is 4.21 Å². The topological polar surface area (TPSA) is 63.6 Å². The van der Waals surface area contributed by atoms with E-state index in [0.717, 1.165) is 0 Å². The molecule has 1 radical (unpaired) electrons. The Hall–Kier alpha value is 0.440. The number of halogens is 2. The zero-order chi connectivity index (χ0) is 11.6. The van der Waals surface area contributed by atoms with Crippen LogP contribution in [0.4, 0.5) is 8.78 Å². The van der Waals surface area contributed by atoms with E-state index in [1.807, 2.05) is 0 Å². The minimum atomic E-state index is -3.92. The Morgan fingerprint density at radius 2 is 1.80 bits per heavy atom. The molecule has 85 valence electrons. The van der Waals surface area contributed by atoms with Crippen LogP contribution in [-0.4, -0.2) is 56.1 Å². The molecule has 0 heterocycles. The SMILES string of the molecule is CC(C)(C)C(=O)OCC(F)(F)S(=O)O.[Na]. The van der Waals surface area contributed by atoms with Crippen LogP contribution in [0.15, 0.2) is 0 Å². The number of carbonyl (C=O) groups excluding carboxylic acids is 1. The second-order valence-electron chi connectivity index (χ2n) is 3.71. The van der Waals surface area contributed by atoms with Gasteiger partial charge in [-0.15, -0.1) is 0 Å². The molecule has 0 fully saturated rings. The van der Waals surface area contributed by atoms with E-state index >= 15 is 0 Å². The summed E-state index contributed by atoms with van der Waals surface area (Å²) in [5, 5.41) is -3.92. The first-order chi connectivity index (χ1) is 6.07. The molecule has 0 bridgehead atoms. The van der Waals surface area contributed by atoms with Gasteiger partial charge in [0.2, 0.25) is 11.1 Å². The Balaban J connectivity index is 0. The van der Waals surface area contributed by atoms with Crippen LogP contribution in [0.1, 0.15) is 20.8 Å². The molecule has 0 aliphatic carbocycles. The Labute approximate surface area is 111 Å². The van der Waals surface area contributed by atoms with Crippen molar-refractivity contribution < 1.29 is 27.1 Å². The zero-order valence-electron chi connectivity index (χ0n) is 9.04. The van der Waals surface area contributed by atoms with Crippen molar-refractivity contribution >= 4 is 46.6 Å². The summed E-state index contributed by atoms with van der Waals surface area (Å²) in [7, 11) is 0. The predicted octanol–water partition coefficient (Wildman–Crippen LogP) is 1.01. The molecule has 0 saturated heterocycles. The van der Waals surface area contributed by atoms with Gasteiger partial charge in [-0.3, -0.25) is 4.79 Å². The van der Waals surface area contributed by atoms with E-state index < -0.39 is 34.3 Å². The zero-order valence-corrected chi connectivity index (χ0v) is 11.9. The van der Waals surface area contributed by atoms with Crippen LogP contribution in [0.2, 0.25) is 0 Å². The molecule has 0 aromatic rings. The molecular formula is C7H12F2NaO4S. The van der Waals surface area contributed by atoms with Crippen molar-refractivity contribution in [1.29, 1.82) is 0 Å². The smallest absolute Gasteiger partial charge is 0.378 e. The van der Waals surface area contributed by atoms with Gasteiger partial charge in [0.05, 0.1) is 5.41 Å². The van der Waals surface area contributed by atoms with Crippen molar-refractivity contribution in [3.05, 3.63) is 0 Å². The number of alkyl halides is 2. The molecule has 1 N–H and O–H groups in total. The number of ether oxygens (including phenoxy) is 1. The largest absolute Gasteiger partial charge is 0.458 e. The summed E-state index contributed by atoms with van der Waals surface area (Å²) < 4.78 is 47.3. The minimum Gasteiger partial charge on any atom is -0.458 e. The summed E-state index contributed by atoms with van der Waals surface area (Å²) in [5.41, 5.74) is -0.910. The van der Waals surface area contributed by atoms with E-state index in [9.17, 15) is 17.8 Å². The van der Waals surface area contributed by atoms with Crippen molar-refractivity contribution in [1.82, 2.24) is 0 Å². The molecule has 8 heteroatoms. The van der Waals surface area contributed by atoms with Crippen LogP contribution in [0.25, 0.3) is 0 Å². The minimum absolute atomic E-state index is 0. The fourth-order valence-corrected chi connectivity index (χ4v) is 0.576. The predicted molar refractivity (Wildman–Crippen MR) is 51.9 cm³/mol. The molecule has 1 unspecified atom stereocenters. The third-order valence-electron chi connectivity index (χ3n) is 1.24. The first-order valence-corrected chi connectivity index (χ1v) is 4.84. The summed E-state index contributed by atoms with van der Waals surface area (Å²) >= 11 is -3.33. The number of hydrogen-bond donors (Lipinski definition) is 1. The number of hydrogen-bond acceptors (Lipinski definition) is 3. The Bertz CT molecular complexity index is 252. The fraction of sp³-hybridized carbons (Fsp3) is 0.857. The second-order valence-corrected chi connectivity index (χ2v) is 4.81. The maximum absolute atomic E-state index is 12.5. The standard InChI is InChI=1S/C7H12F2O4S.Na/c1-6(2,3)5(10)13-4-7(8,9)14(11)12;/h4H2,1-3H3,(H,11,12);. The van der Waals surface area contributed by atoms with Crippen LogP contribution < -0.4 is 0 Å². The van der Waals surface area contributed by atoms with E-state index in [4.69, 9.17) is 4.55 Å². The van der Waals surface area contributed by atoms with Crippen LogP contribution in [0.5, 0.6) is 0 Å². The molecule has 0 amide bonds. The molecular weight excluding hydrogens is 241 g/mol. The van der Waals surface area contributed by atoms with Crippen molar-refractivity contribution in [2.24, 2.45) is 5.41 Å². The maximum atomic E-state index is 12.5. The average Bonchev–Trinajstić information content (AvgIpc) is 1.98. The molecule has 0 aromatic heterocycles. The number of esters is 1. The Morgan fingerprint density at radius 3 is 2.07 bits per heavy atom. The Morgan fingerprint density at radius 1 is 1.40 bits per heavy atom. The van der Waals surface area contributed by atoms with E-state index in [0.29, 0.717) is 0 Å². The monoisotopic (exact) mass is 253 g/mol. The molecule has 0 aliphatic heterocycles. The van der Waals surface area contributed by atoms with Gasteiger partial charge >= 0.3 is 11.2 Å². The van der Waals surface area contributed by atoms with E-state index in [2.05, 4.69) is 4.74 Å².